The second-order valence-electron chi connectivity index (χ2n) is 11.5. The van der Waals surface area contributed by atoms with Gasteiger partial charge in [0.25, 0.3) is 11.8 Å². The second kappa shape index (κ2) is 12.9. The third-order valence-corrected chi connectivity index (χ3v) is 8.38. The van der Waals surface area contributed by atoms with Crippen molar-refractivity contribution in [1.29, 1.82) is 0 Å². The largest absolute Gasteiger partial charge is 0.446 e. The number of aryl methyl sites for hydroxylation is 1. The summed E-state index contributed by atoms with van der Waals surface area (Å²) in [6, 6.07) is 19.7. The first kappa shape index (κ1) is 28.8. The zero-order valence-electron chi connectivity index (χ0n) is 24.3. The van der Waals surface area contributed by atoms with Gasteiger partial charge in [-0.2, -0.15) is 0 Å². The number of amides is 2. The number of aliphatic hydroxyl groups excluding tert-OH is 1. The number of likely N-dealkylation sites (tertiary alicyclic amines) is 1. The average Bonchev–Trinajstić information content (AvgIpc) is 3.83. The quantitative estimate of drug-likeness (QED) is 0.268. The molecule has 2 saturated heterocycles. The Bertz CT molecular complexity index is 1550. The molecule has 0 spiro atoms. The summed E-state index contributed by atoms with van der Waals surface area (Å²) >= 11 is 0. The Hall–Kier alpha value is -4.34. The van der Waals surface area contributed by atoms with Crippen LogP contribution in [0, 0.1) is 6.92 Å². The molecule has 2 unspecified atom stereocenters. The maximum atomic E-state index is 14.0. The third kappa shape index (κ3) is 6.53. The fraction of sp³-hybridized carbons (Fsp3) is 0.353. The second-order valence-corrected chi connectivity index (χ2v) is 11.5. The van der Waals surface area contributed by atoms with Crippen LogP contribution in [0.4, 0.5) is 0 Å². The Morgan fingerprint density at radius 2 is 1.88 bits per heavy atom. The number of aromatic nitrogens is 2. The van der Waals surface area contributed by atoms with Gasteiger partial charge in [0.05, 0.1) is 23.5 Å². The molecule has 9 heteroatoms. The van der Waals surface area contributed by atoms with Gasteiger partial charge in [-0.05, 0) is 81.5 Å². The van der Waals surface area contributed by atoms with Crippen LogP contribution in [-0.2, 0) is 6.42 Å². The molecule has 43 heavy (non-hydrogen) atoms. The van der Waals surface area contributed by atoms with Crippen molar-refractivity contribution in [2.75, 3.05) is 13.1 Å². The molecule has 0 saturated carbocycles. The van der Waals surface area contributed by atoms with Crippen LogP contribution in [-0.4, -0.2) is 63.1 Å². The Kier molecular flexibility index (Phi) is 8.62. The summed E-state index contributed by atoms with van der Waals surface area (Å²) in [6.07, 6.45) is 6.40. The summed E-state index contributed by atoms with van der Waals surface area (Å²) in [5.74, 6) is -0.0206. The molecule has 0 aliphatic carbocycles. The van der Waals surface area contributed by atoms with Crippen molar-refractivity contribution < 1.29 is 19.1 Å². The molecule has 2 fully saturated rings. The Labute approximate surface area is 251 Å². The molecule has 2 aromatic heterocycles. The molecule has 2 aromatic carbocycles. The van der Waals surface area contributed by atoms with Crippen LogP contribution in [0.15, 0.2) is 83.6 Å². The zero-order chi connectivity index (χ0) is 29.8. The number of carbonyl (C=O) groups excluding carboxylic acids is 2. The lowest BCUT2D eigenvalue weighted by atomic mass is 9.94. The Morgan fingerprint density at radius 3 is 2.60 bits per heavy atom. The normalized spacial score (nSPS) is 19.7. The van der Waals surface area contributed by atoms with Gasteiger partial charge in [0, 0.05) is 35.5 Å². The van der Waals surface area contributed by atoms with E-state index in [9.17, 15) is 14.7 Å². The lowest BCUT2D eigenvalue weighted by molar-refractivity contribution is 0.0715. The van der Waals surface area contributed by atoms with Gasteiger partial charge in [-0.15, -0.1) is 0 Å². The fourth-order valence-corrected chi connectivity index (χ4v) is 6.18. The minimum absolute atomic E-state index is 0.100. The molecule has 0 bridgehead atoms. The molecule has 4 aromatic rings. The summed E-state index contributed by atoms with van der Waals surface area (Å²) in [5.41, 5.74) is 3.83. The van der Waals surface area contributed by atoms with Crippen molar-refractivity contribution in [3.63, 3.8) is 0 Å². The molecule has 4 atom stereocenters. The van der Waals surface area contributed by atoms with Gasteiger partial charge in [0.1, 0.15) is 12.3 Å². The summed E-state index contributed by atoms with van der Waals surface area (Å²) in [4.78, 5) is 38.7. The Morgan fingerprint density at radius 1 is 1.07 bits per heavy atom. The van der Waals surface area contributed by atoms with E-state index in [4.69, 9.17) is 4.42 Å². The molecule has 0 radical (unpaired) electrons. The molecular formula is C34H37N5O4. The van der Waals surface area contributed by atoms with E-state index in [0.717, 1.165) is 43.5 Å². The number of benzene rings is 2. The van der Waals surface area contributed by atoms with Crippen LogP contribution in [0.3, 0.4) is 0 Å². The van der Waals surface area contributed by atoms with Crippen LogP contribution in [0.2, 0.25) is 0 Å². The van der Waals surface area contributed by atoms with Crippen LogP contribution in [0.5, 0.6) is 0 Å². The molecule has 9 nitrogen and oxygen atoms in total. The van der Waals surface area contributed by atoms with E-state index in [2.05, 4.69) is 20.6 Å². The highest BCUT2D eigenvalue weighted by molar-refractivity contribution is 6.01. The van der Waals surface area contributed by atoms with Gasteiger partial charge in [0.2, 0.25) is 5.89 Å². The van der Waals surface area contributed by atoms with Gasteiger partial charge >= 0.3 is 0 Å². The number of pyridine rings is 1. The van der Waals surface area contributed by atoms with Crippen molar-refractivity contribution >= 4 is 11.8 Å². The number of oxazole rings is 1. The first-order valence-corrected chi connectivity index (χ1v) is 15.0. The molecule has 6 rings (SSSR count). The maximum absolute atomic E-state index is 14.0. The van der Waals surface area contributed by atoms with Crippen LogP contribution in [0.1, 0.15) is 69.6 Å². The van der Waals surface area contributed by atoms with Crippen LogP contribution in [0.25, 0.3) is 11.3 Å². The van der Waals surface area contributed by atoms with Crippen molar-refractivity contribution in [3.05, 3.63) is 107 Å². The van der Waals surface area contributed by atoms with E-state index in [1.165, 1.54) is 0 Å². The van der Waals surface area contributed by atoms with Crippen molar-refractivity contribution in [2.45, 2.75) is 63.3 Å². The summed E-state index contributed by atoms with van der Waals surface area (Å²) < 4.78 is 5.67. The average molecular weight is 580 g/mol. The predicted molar refractivity (Wildman–Crippen MR) is 162 cm³/mol. The molecular weight excluding hydrogens is 542 g/mol. The third-order valence-electron chi connectivity index (χ3n) is 8.38. The van der Waals surface area contributed by atoms with E-state index in [-0.39, 0.29) is 23.9 Å². The first-order chi connectivity index (χ1) is 21.0. The van der Waals surface area contributed by atoms with E-state index >= 15 is 0 Å². The van der Waals surface area contributed by atoms with Gasteiger partial charge in [-0.3, -0.25) is 14.6 Å². The number of hydrogen-bond acceptors (Lipinski definition) is 7. The standard InChI is InChI=1S/C34H37N5O4/c1-22-21-43-33(37-22)30-13-8-16-39(30)34(42)26-19-24(27-11-5-6-14-35-27)18-25(20-26)32(41)38-29(17-23-9-3-2-4-10-23)31(40)28-12-7-15-36-28/h2-6,9-11,14,18-21,28-31,36,40H,7-8,12-13,15-17H2,1H3,(H,38,41)/t28?,29-,30?,31+/m0/s1. The molecule has 2 aliphatic rings. The minimum atomic E-state index is -0.777. The first-order valence-electron chi connectivity index (χ1n) is 15.0. The van der Waals surface area contributed by atoms with Crippen LogP contribution < -0.4 is 10.6 Å². The van der Waals surface area contributed by atoms with Crippen LogP contribution >= 0.6 is 0 Å². The minimum Gasteiger partial charge on any atom is -0.446 e. The highest BCUT2D eigenvalue weighted by atomic mass is 16.3. The molecule has 222 valence electrons. The lowest BCUT2D eigenvalue weighted by Crippen LogP contribution is -2.52. The molecule has 4 heterocycles. The summed E-state index contributed by atoms with van der Waals surface area (Å²) in [5, 5.41) is 17.8. The number of rotatable bonds is 9. The monoisotopic (exact) mass is 579 g/mol. The SMILES string of the molecule is Cc1coc(C2CCCN2C(=O)c2cc(C(=O)N[C@@H](Cc3ccccc3)[C@H](O)C3CCCN3)cc(-c3ccccn3)c2)n1. The van der Waals surface area contributed by atoms with E-state index in [1.807, 2.05) is 55.5 Å². The molecule has 3 N–H and O–H groups in total. The molecule has 2 amide bonds. The number of nitrogens with zero attached hydrogens (tertiary/aromatic N) is 3. The van der Waals surface area contributed by atoms with E-state index < -0.39 is 12.1 Å². The van der Waals surface area contributed by atoms with E-state index in [1.54, 1.807) is 35.6 Å². The van der Waals surface area contributed by atoms with Gasteiger partial charge in [-0.25, -0.2) is 4.98 Å². The summed E-state index contributed by atoms with van der Waals surface area (Å²) in [6.45, 7) is 3.27. The van der Waals surface area contributed by atoms with Gasteiger partial charge in [-0.1, -0.05) is 36.4 Å². The zero-order valence-corrected chi connectivity index (χ0v) is 24.3. The molecule has 2 aliphatic heterocycles. The van der Waals surface area contributed by atoms with Crippen molar-refractivity contribution in [2.24, 2.45) is 0 Å². The number of hydrogen-bond donors (Lipinski definition) is 3. The highest BCUT2D eigenvalue weighted by Gasteiger charge is 2.35. The van der Waals surface area contributed by atoms with Crippen molar-refractivity contribution in [1.82, 2.24) is 25.5 Å². The van der Waals surface area contributed by atoms with Crippen molar-refractivity contribution in [3.8, 4) is 11.3 Å². The smallest absolute Gasteiger partial charge is 0.254 e. The van der Waals surface area contributed by atoms with Gasteiger partial charge in [0.15, 0.2) is 0 Å². The number of carbonyl (C=O) groups is 2. The number of nitrogens with one attached hydrogen (secondary N) is 2. The topological polar surface area (TPSA) is 121 Å². The predicted octanol–water partition coefficient (Wildman–Crippen LogP) is 4.48. The van der Waals surface area contributed by atoms with Gasteiger partial charge < -0.3 is 25.1 Å². The fourth-order valence-electron chi connectivity index (χ4n) is 6.18. The Balaban J connectivity index is 1.32. The highest BCUT2D eigenvalue weighted by Crippen LogP contribution is 2.33. The number of aliphatic hydroxyl groups is 1. The lowest BCUT2D eigenvalue weighted by Gasteiger charge is -2.29. The van der Waals surface area contributed by atoms with E-state index in [0.29, 0.717) is 41.2 Å². The maximum Gasteiger partial charge on any atom is 0.254 e. The summed E-state index contributed by atoms with van der Waals surface area (Å²) in [7, 11) is 0.